The molecule has 4 rings (SSSR count). The molecule has 1 heterocycles. The number of thioether (sulfide) groups is 1. The Morgan fingerprint density at radius 1 is 0.971 bits per heavy atom. The summed E-state index contributed by atoms with van der Waals surface area (Å²) in [6, 6.07) is 18.3. The third kappa shape index (κ3) is 6.22. The summed E-state index contributed by atoms with van der Waals surface area (Å²) in [4.78, 5) is 27.0. The van der Waals surface area contributed by atoms with Gasteiger partial charge in [0.05, 0.1) is 32.6 Å². The van der Waals surface area contributed by atoms with Gasteiger partial charge in [-0.3, -0.25) is 14.5 Å². The van der Waals surface area contributed by atoms with Gasteiger partial charge in [-0.25, -0.2) is 0 Å². The summed E-state index contributed by atoms with van der Waals surface area (Å²) in [5, 5.41) is 0.633. The van der Waals surface area contributed by atoms with Crippen molar-refractivity contribution in [3.05, 3.63) is 96.8 Å². The van der Waals surface area contributed by atoms with Gasteiger partial charge in [-0.2, -0.15) is 0 Å². The Balaban J connectivity index is 1.55. The van der Waals surface area contributed by atoms with Crippen LogP contribution in [0, 0.1) is 0 Å². The Hall–Kier alpha value is -2.45. The van der Waals surface area contributed by atoms with E-state index in [0.29, 0.717) is 43.1 Å². The van der Waals surface area contributed by atoms with Crippen molar-refractivity contribution in [3.63, 3.8) is 0 Å². The molecule has 0 aliphatic carbocycles. The zero-order valence-corrected chi connectivity index (χ0v) is 22.5. The molecular formula is C26H20BrCl2NO4S. The largest absolute Gasteiger partial charge is 0.490 e. The number of amides is 2. The lowest BCUT2D eigenvalue weighted by molar-refractivity contribution is -0.123. The predicted molar refractivity (Wildman–Crippen MR) is 144 cm³/mol. The summed E-state index contributed by atoms with van der Waals surface area (Å²) in [5.74, 6) is 0.710. The fourth-order valence-electron chi connectivity index (χ4n) is 3.41. The molecule has 0 radical (unpaired) electrons. The molecule has 2 amide bonds. The van der Waals surface area contributed by atoms with Crippen molar-refractivity contribution in [2.24, 2.45) is 0 Å². The minimum Gasteiger partial charge on any atom is -0.490 e. The average molecular weight is 593 g/mol. The number of hydrogen-bond donors (Lipinski definition) is 0. The second-order valence-electron chi connectivity index (χ2n) is 7.55. The lowest BCUT2D eigenvalue weighted by atomic mass is 10.1. The van der Waals surface area contributed by atoms with Crippen LogP contribution in [0.25, 0.3) is 6.08 Å². The van der Waals surface area contributed by atoms with Gasteiger partial charge in [0.1, 0.15) is 6.61 Å². The molecule has 5 nitrogen and oxygen atoms in total. The minimum atomic E-state index is -0.321. The number of nitrogens with zero attached hydrogens (tertiary/aromatic N) is 1. The summed E-state index contributed by atoms with van der Waals surface area (Å²) in [6.07, 6.45) is 1.69. The maximum atomic E-state index is 12.9. The lowest BCUT2D eigenvalue weighted by Crippen LogP contribution is -2.27. The molecule has 0 unspecified atom stereocenters. The van der Waals surface area contributed by atoms with Crippen molar-refractivity contribution in [2.45, 2.75) is 20.1 Å². The quantitative estimate of drug-likeness (QED) is 0.248. The summed E-state index contributed by atoms with van der Waals surface area (Å²) < 4.78 is 12.5. The lowest BCUT2D eigenvalue weighted by Gasteiger charge is -2.15. The Bertz CT molecular complexity index is 1300. The second-order valence-corrected chi connectivity index (χ2v) is 10.2. The van der Waals surface area contributed by atoms with Crippen LogP contribution in [0.5, 0.6) is 11.5 Å². The second kappa shape index (κ2) is 11.5. The standard InChI is InChI=1S/C26H20BrCl2NO4S/c1-2-33-22-12-18(10-19(27)24(22)34-15-17-8-9-20(28)21(29)11-17)13-23-25(31)30(26(32)35-23)14-16-6-4-3-5-7-16/h3-13H,2,14-15H2,1H3/b23-13+. The first kappa shape index (κ1) is 25.6. The van der Waals surface area contributed by atoms with E-state index in [9.17, 15) is 9.59 Å². The van der Waals surface area contributed by atoms with E-state index in [1.807, 2.05) is 49.4 Å². The molecular weight excluding hydrogens is 573 g/mol. The van der Waals surface area contributed by atoms with Crippen molar-refractivity contribution in [1.82, 2.24) is 4.90 Å². The van der Waals surface area contributed by atoms with Gasteiger partial charge in [0.25, 0.3) is 11.1 Å². The van der Waals surface area contributed by atoms with E-state index in [1.165, 1.54) is 4.90 Å². The highest BCUT2D eigenvalue weighted by molar-refractivity contribution is 9.10. The van der Waals surface area contributed by atoms with E-state index in [4.69, 9.17) is 32.7 Å². The Morgan fingerprint density at radius 3 is 2.46 bits per heavy atom. The molecule has 1 fully saturated rings. The van der Waals surface area contributed by atoms with Crippen molar-refractivity contribution in [1.29, 1.82) is 0 Å². The number of rotatable bonds is 8. The number of halogens is 3. The van der Waals surface area contributed by atoms with E-state index in [1.54, 1.807) is 24.3 Å². The molecule has 9 heteroatoms. The van der Waals surface area contributed by atoms with Gasteiger partial charge in [0.15, 0.2) is 11.5 Å². The first-order valence-electron chi connectivity index (χ1n) is 10.7. The van der Waals surface area contributed by atoms with Gasteiger partial charge in [0.2, 0.25) is 0 Å². The van der Waals surface area contributed by atoms with Crippen LogP contribution in [-0.4, -0.2) is 22.7 Å². The van der Waals surface area contributed by atoms with E-state index in [2.05, 4.69) is 15.9 Å². The normalized spacial score (nSPS) is 14.6. The third-order valence-corrected chi connectivity index (χ3v) is 7.29. The zero-order chi connectivity index (χ0) is 24.9. The van der Waals surface area contributed by atoms with E-state index in [-0.39, 0.29) is 24.3 Å². The highest BCUT2D eigenvalue weighted by atomic mass is 79.9. The third-order valence-electron chi connectivity index (χ3n) is 5.05. The van der Waals surface area contributed by atoms with E-state index >= 15 is 0 Å². The van der Waals surface area contributed by atoms with Crippen LogP contribution in [0.15, 0.2) is 70.0 Å². The van der Waals surface area contributed by atoms with Gasteiger partial charge in [-0.1, -0.05) is 59.6 Å². The fraction of sp³-hybridized carbons (Fsp3) is 0.154. The highest BCUT2D eigenvalue weighted by Gasteiger charge is 2.35. The smallest absolute Gasteiger partial charge is 0.293 e. The molecule has 1 saturated heterocycles. The van der Waals surface area contributed by atoms with Crippen molar-refractivity contribution in [3.8, 4) is 11.5 Å². The molecule has 3 aromatic rings. The maximum Gasteiger partial charge on any atom is 0.293 e. The molecule has 1 aliphatic heterocycles. The number of imide groups is 1. The fourth-order valence-corrected chi connectivity index (χ4v) is 5.15. The summed E-state index contributed by atoms with van der Waals surface area (Å²) in [6.45, 7) is 2.79. The number of carbonyl (C=O) groups excluding carboxylic acids is 2. The SMILES string of the molecule is CCOc1cc(/C=C2/SC(=O)N(Cc3ccccc3)C2=O)cc(Br)c1OCc1ccc(Cl)c(Cl)c1. The van der Waals surface area contributed by atoms with Crippen LogP contribution in [0.4, 0.5) is 4.79 Å². The minimum absolute atomic E-state index is 0.234. The average Bonchev–Trinajstić information content (AvgIpc) is 3.09. The van der Waals surface area contributed by atoms with Crippen LogP contribution >= 0.6 is 50.9 Å². The molecule has 0 bridgehead atoms. The Kier molecular flexibility index (Phi) is 8.44. The Morgan fingerprint density at radius 2 is 1.74 bits per heavy atom. The van der Waals surface area contributed by atoms with Crippen LogP contribution < -0.4 is 9.47 Å². The highest BCUT2D eigenvalue weighted by Crippen LogP contribution is 2.40. The first-order chi connectivity index (χ1) is 16.9. The molecule has 0 aromatic heterocycles. The molecule has 0 spiro atoms. The summed E-state index contributed by atoms with van der Waals surface area (Å²) in [5.41, 5.74) is 2.44. The van der Waals surface area contributed by atoms with Gasteiger partial charge in [-0.05, 0) is 81.6 Å². The molecule has 0 N–H and O–H groups in total. The van der Waals surface area contributed by atoms with Crippen LogP contribution in [0.3, 0.4) is 0 Å². The van der Waals surface area contributed by atoms with Crippen LogP contribution in [-0.2, 0) is 17.9 Å². The maximum absolute atomic E-state index is 12.9. The van der Waals surface area contributed by atoms with Crippen LogP contribution in [0.2, 0.25) is 10.0 Å². The molecule has 3 aromatic carbocycles. The van der Waals surface area contributed by atoms with Crippen molar-refractivity contribution >= 4 is 68.1 Å². The van der Waals surface area contributed by atoms with E-state index in [0.717, 1.165) is 22.9 Å². The van der Waals surface area contributed by atoms with Crippen molar-refractivity contribution < 1.29 is 19.1 Å². The monoisotopic (exact) mass is 591 g/mol. The first-order valence-corrected chi connectivity index (χ1v) is 13.0. The summed E-state index contributed by atoms with van der Waals surface area (Å²) in [7, 11) is 0. The van der Waals surface area contributed by atoms with Crippen molar-refractivity contribution in [2.75, 3.05) is 6.61 Å². The molecule has 180 valence electrons. The molecule has 0 saturated carbocycles. The van der Waals surface area contributed by atoms with Crippen LogP contribution in [0.1, 0.15) is 23.6 Å². The van der Waals surface area contributed by atoms with Gasteiger partial charge in [0, 0.05) is 0 Å². The number of benzene rings is 3. The van der Waals surface area contributed by atoms with Gasteiger partial charge < -0.3 is 9.47 Å². The molecule has 0 atom stereocenters. The molecule has 35 heavy (non-hydrogen) atoms. The van der Waals surface area contributed by atoms with E-state index < -0.39 is 0 Å². The van der Waals surface area contributed by atoms with Gasteiger partial charge >= 0.3 is 0 Å². The van der Waals surface area contributed by atoms with Gasteiger partial charge in [-0.15, -0.1) is 0 Å². The Labute approximate surface area is 226 Å². The molecule has 1 aliphatic rings. The predicted octanol–water partition coefficient (Wildman–Crippen LogP) is 7.97. The number of carbonyl (C=O) groups is 2. The number of hydrogen-bond acceptors (Lipinski definition) is 5. The topological polar surface area (TPSA) is 55.8 Å². The summed E-state index contributed by atoms with van der Waals surface area (Å²) >= 11 is 16.6. The zero-order valence-electron chi connectivity index (χ0n) is 18.6. The number of ether oxygens (including phenoxy) is 2.